The van der Waals surface area contributed by atoms with Gasteiger partial charge in [0.25, 0.3) is 0 Å². The number of rotatable bonds is 3. The molecule has 0 amide bonds. The van der Waals surface area contributed by atoms with E-state index in [9.17, 15) is 0 Å². The third-order valence-electron chi connectivity index (χ3n) is 2.92. The van der Waals surface area contributed by atoms with Gasteiger partial charge < -0.3 is 10.4 Å². The van der Waals surface area contributed by atoms with E-state index in [0.29, 0.717) is 18.6 Å². The van der Waals surface area contributed by atoms with Crippen molar-refractivity contribution in [2.24, 2.45) is 5.92 Å². The van der Waals surface area contributed by atoms with Crippen molar-refractivity contribution in [1.29, 1.82) is 0 Å². The molecule has 2 nitrogen and oxygen atoms in total. The van der Waals surface area contributed by atoms with Crippen LogP contribution in [0, 0.1) is 5.92 Å². The van der Waals surface area contributed by atoms with E-state index in [1.807, 2.05) is 0 Å². The van der Waals surface area contributed by atoms with Crippen LogP contribution in [-0.2, 0) is 0 Å². The molecule has 2 N–H and O–H groups in total. The quantitative estimate of drug-likeness (QED) is 0.634. The fourth-order valence-corrected chi connectivity index (χ4v) is 2.03. The summed E-state index contributed by atoms with van der Waals surface area (Å²) in [6.45, 7) is 0.379. The smallest absolute Gasteiger partial charge is 0.0474 e. The first-order valence-electron chi connectivity index (χ1n) is 4.77. The van der Waals surface area contributed by atoms with Crippen LogP contribution in [0.15, 0.2) is 0 Å². The lowest BCUT2D eigenvalue weighted by atomic mass is 10.1. The van der Waals surface area contributed by atoms with Crippen molar-refractivity contribution in [3.05, 3.63) is 0 Å². The van der Waals surface area contributed by atoms with E-state index in [2.05, 4.69) is 5.32 Å². The van der Waals surface area contributed by atoms with Crippen molar-refractivity contribution in [3.8, 4) is 0 Å². The molecule has 11 heavy (non-hydrogen) atoms. The summed E-state index contributed by atoms with van der Waals surface area (Å²) in [6.07, 6.45) is 6.52. The molecule has 2 rings (SSSR count). The molecule has 0 aromatic heterocycles. The highest BCUT2D eigenvalue weighted by molar-refractivity contribution is 4.90. The Labute approximate surface area is 68.0 Å². The van der Waals surface area contributed by atoms with Gasteiger partial charge in [-0.05, 0) is 31.6 Å². The Balaban J connectivity index is 1.79. The highest BCUT2D eigenvalue weighted by Gasteiger charge is 2.31. The van der Waals surface area contributed by atoms with Crippen molar-refractivity contribution in [1.82, 2.24) is 5.32 Å². The van der Waals surface area contributed by atoms with Crippen LogP contribution in [0.2, 0.25) is 0 Å². The summed E-state index contributed by atoms with van der Waals surface area (Å²) in [4.78, 5) is 0. The summed E-state index contributed by atoms with van der Waals surface area (Å²) in [5.74, 6) is 0.551. The van der Waals surface area contributed by atoms with Gasteiger partial charge in [-0.3, -0.25) is 0 Å². The van der Waals surface area contributed by atoms with Crippen molar-refractivity contribution in [3.63, 3.8) is 0 Å². The minimum Gasteiger partial charge on any atom is -0.396 e. The van der Waals surface area contributed by atoms with Gasteiger partial charge in [0.05, 0.1) is 0 Å². The van der Waals surface area contributed by atoms with E-state index in [-0.39, 0.29) is 0 Å². The van der Waals surface area contributed by atoms with Gasteiger partial charge in [0, 0.05) is 18.7 Å². The van der Waals surface area contributed by atoms with E-state index in [4.69, 9.17) is 5.11 Å². The first kappa shape index (κ1) is 7.56. The molecule has 0 heterocycles. The summed E-state index contributed by atoms with van der Waals surface area (Å²) in [5, 5.41) is 12.6. The molecular formula is C9H17NO. The Morgan fingerprint density at radius 1 is 1.18 bits per heavy atom. The molecule has 0 bridgehead atoms. The van der Waals surface area contributed by atoms with Crippen molar-refractivity contribution in [2.75, 3.05) is 6.61 Å². The second kappa shape index (κ2) is 3.11. The largest absolute Gasteiger partial charge is 0.396 e. The fourth-order valence-electron chi connectivity index (χ4n) is 2.03. The van der Waals surface area contributed by atoms with Gasteiger partial charge in [-0.1, -0.05) is 6.42 Å². The van der Waals surface area contributed by atoms with Gasteiger partial charge in [0.1, 0.15) is 0 Å². The predicted octanol–water partition coefficient (Wildman–Crippen LogP) is 0.899. The molecule has 0 aromatic carbocycles. The highest BCUT2D eigenvalue weighted by atomic mass is 16.3. The molecule has 2 atom stereocenters. The van der Waals surface area contributed by atoms with Crippen LogP contribution in [-0.4, -0.2) is 23.8 Å². The molecule has 2 aliphatic rings. The second-order valence-electron chi connectivity index (χ2n) is 3.92. The summed E-state index contributed by atoms with van der Waals surface area (Å²) in [7, 11) is 0. The number of nitrogens with one attached hydrogen (secondary N) is 1. The van der Waals surface area contributed by atoms with E-state index in [1.54, 1.807) is 0 Å². The average molecular weight is 155 g/mol. The molecule has 0 aromatic rings. The predicted molar refractivity (Wildman–Crippen MR) is 44.4 cm³/mol. The van der Waals surface area contributed by atoms with Crippen LogP contribution in [0.5, 0.6) is 0 Å². The minimum atomic E-state index is 0.379. The Bertz CT molecular complexity index is 134. The van der Waals surface area contributed by atoms with Gasteiger partial charge in [-0.25, -0.2) is 0 Å². The topological polar surface area (TPSA) is 32.3 Å². The van der Waals surface area contributed by atoms with Gasteiger partial charge >= 0.3 is 0 Å². The zero-order valence-corrected chi connectivity index (χ0v) is 6.92. The van der Waals surface area contributed by atoms with E-state index >= 15 is 0 Å². The van der Waals surface area contributed by atoms with Crippen molar-refractivity contribution in [2.45, 2.75) is 44.2 Å². The molecule has 0 saturated heterocycles. The van der Waals surface area contributed by atoms with E-state index in [0.717, 1.165) is 6.04 Å². The van der Waals surface area contributed by atoms with Gasteiger partial charge in [-0.15, -0.1) is 0 Å². The molecule has 2 aliphatic carbocycles. The Hall–Kier alpha value is -0.0800. The maximum absolute atomic E-state index is 9.03. The molecule has 0 unspecified atom stereocenters. The normalized spacial score (nSPS) is 37.9. The fraction of sp³-hybridized carbons (Fsp3) is 1.00. The molecule has 2 saturated carbocycles. The summed E-state index contributed by atoms with van der Waals surface area (Å²) < 4.78 is 0. The molecule has 0 radical (unpaired) electrons. The average Bonchev–Trinajstić information content (AvgIpc) is 2.68. The lowest BCUT2D eigenvalue weighted by Crippen LogP contribution is -2.35. The maximum atomic E-state index is 9.03. The number of aliphatic hydroxyl groups excluding tert-OH is 1. The van der Waals surface area contributed by atoms with E-state index in [1.165, 1.54) is 32.1 Å². The molecular weight excluding hydrogens is 138 g/mol. The first-order valence-corrected chi connectivity index (χ1v) is 4.77. The third-order valence-corrected chi connectivity index (χ3v) is 2.92. The monoisotopic (exact) mass is 155 g/mol. The van der Waals surface area contributed by atoms with Crippen LogP contribution in [0.25, 0.3) is 0 Å². The first-order chi connectivity index (χ1) is 5.40. The zero-order chi connectivity index (χ0) is 7.68. The minimum absolute atomic E-state index is 0.379. The van der Waals surface area contributed by atoms with Crippen LogP contribution in [0.1, 0.15) is 32.1 Å². The summed E-state index contributed by atoms with van der Waals surface area (Å²) in [5.41, 5.74) is 0. The van der Waals surface area contributed by atoms with Crippen LogP contribution in [0.4, 0.5) is 0 Å². The molecule has 64 valence electrons. The Kier molecular flexibility index (Phi) is 2.14. The standard InChI is InChI=1S/C9H17NO/c11-6-7-2-1-3-9(7)10-8-4-5-8/h7-11H,1-6H2/t7-,9-/m0/s1. The summed E-state index contributed by atoms with van der Waals surface area (Å²) in [6, 6.07) is 1.43. The van der Waals surface area contributed by atoms with E-state index < -0.39 is 0 Å². The third kappa shape index (κ3) is 1.74. The van der Waals surface area contributed by atoms with Gasteiger partial charge in [0.15, 0.2) is 0 Å². The lowest BCUT2D eigenvalue weighted by Gasteiger charge is -2.18. The van der Waals surface area contributed by atoms with Gasteiger partial charge in [-0.2, -0.15) is 0 Å². The van der Waals surface area contributed by atoms with Crippen LogP contribution >= 0.6 is 0 Å². The molecule has 0 aliphatic heterocycles. The SMILES string of the molecule is OC[C@@H]1CCC[C@@H]1NC1CC1. The lowest BCUT2D eigenvalue weighted by molar-refractivity contribution is 0.205. The maximum Gasteiger partial charge on any atom is 0.0474 e. The van der Waals surface area contributed by atoms with Crippen molar-refractivity contribution < 1.29 is 5.11 Å². The highest BCUT2D eigenvalue weighted by Crippen LogP contribution is 2.29. The Morgan fingerprint density at radius 2 is 2.00 bits per heavy atom. The molecule has 2 fully saturated rings. The molecule has 0 spiro atoms. The van der Waals surface area contributed by atoms with Crippen LogP contribution in [0.3, 0.4) is 0 Å². The number of hydrogen-bond donors (Lipinski definition) is 2. The number of aliphatic hydroxyl groups is 1. The number of hydrogen-bond acceptors (Lipinski definition) is 2. The molecule has 2 heteroatoms. The summed E-state index contributed by atoms with van der Waals surface area (Å²) >= 11 is 0. The zero-order valence-electron chi connectivity index (χ0n) is 6.92. The van der Waals surface area contributed by atoms with Crippen molar-refractivity contribution >= 4 is 0 Å². The second-order valence-corrected chi connectivity index (χ2v) is 3.92. The van der Waals surface area contributed by atoms with Crippen LogP contribution < -0.4 is 5.32 Å². The van der Waals surface area contributed by atoms with Gasteiger partial charge in [0.2, 0.25) is 0 Å². The Morgan fingerprint density at radius 3 is 2.64 bits per heavy atom.